The van der Waals surface area contributed by atoms with Crippen molar-refractivity contribution in [2.24, 2.45) is 11.1 Å². The molecule has 1 fully saturated rings. The molecule has 0 amide bonds. The fourth-order valence-corrected chi connectivity index (χ4v) is 6.12. The Morgan fingerprint density at radius 1 is 1.22 bits per heavy atom. The molecule has 0 unspecified atom stereocenters. The second kappa shape index (κ2) is 7.05. The Kier molecular flexibility index (Phi) is 5.10. The number of carbonyl (C=O) groups is 1. The predicted molar refractivity (Wildman–Crippen MR) is 99.4 cm³/mol. The first-order valence-corrected chi connectivity index (χ1v) is 10.3. The van der Waals surface area contributed by atoms with E-state index in [9.17, 15) is 17.6 Å². The standard InChI is InChI=1S/C20H22FNO4S/c1-3-26-19(23)20(12-22)17(14-5-4-6-15(21)11-14)18(20)27(24,25)16-9-7-13(2)8-10-16/h4-11,17-18H,3,12,22H2,1-2H3/t17-,18+,20+/m0/s1. The van der Waals surface area contributed by atoms with Gasteiger partial charge >= 0.3 is 5.97 Å². The van der Waals surface area contributed by atoms with Crippen LogP contribution in [-0.4, -0.2) is 32.8 Å². The van der Waals surface area contributed by atoms with Crippen LogP contribution in [0.15, 0.2) is 53.4 Å². The molecule has 0 saturated heterocycles. The van der Waals surface area contributed by atoms with E-state index in [0.717, 1.165) is 5.56 Å². The van der Waals surface area contributed by atoms with E-state index in [2.05, 4.69) is 0 Å². The molecule has 27 heavy (non-hydrogen) atoms. The molecule has 7 heteroatoms. The van der Waals surface area contributed by atoms with Crippen molar-refractivity contribution < 1.29 is 22.3 Å². The van der Waals surface area contributed by atoms with Gasteiger partial charge in [-0.1, -0.05) is 29.8 Å². The molecule has 3 rings (SSSR count). The second-order valence-electron chi connectivity index (χ2n) is 6.78. The lowest BCUT2D eigenvalue weighted by Crippen LogP contribution is -2.33. The molecule has 3 atom stereocenters. The van der Waals surface area contributed by atoms with Gasteiger partial charge in [-0.3, -0.25) is 4.79 Å². The summed E-state index contributed by atoms with van der Waals surface area (Å²) in [7, 11) is -3.88. The summed E-state index contributed by atoms with van der Waals surface area (Å²) in [4.78, 5) is 12.8. The molecule has 0 aliphatic heterocycles. The highest BCUT2D eigenvalue weighted by atomic mass is 32.2. The van der Waals surface area contributed by atoms with Crippen LogP contribution in [0, 0.1) is 18.2 Å². The highest BCUT2D eigenvalue weighted by Gasteiger charge is 2.75. The Morgan fingerprint density at radius 3 is 2.44 bits per heavy atom. The summed E-state index contributed by atoms with van der Waals surface area (Å²) in [5.74, 6) is -1.92. The number of carbonyl (C=O) groups excluding carboxylic acids is 1. The number of ether oxygens (including phenoxy) is 1. The van der Waals surface area contributed by atoms with Gasteiger partial charge in [0.15, 0.2) is 9.84 Å². The molecule has 0 radical (unpaired) electrons. The number of nitrogens with two attached hydrogens (primary N) is 1. The number of sulfone groups is 1. The van der Waals surface area contributed by atoms with Gasteiger partial charge in [-0.05, 0) is 43.7 Å². The van der Waals surface area contributed by atoms with Crippen LogP contribution < -0.4 is 5.73 Å². The molecule has 2 aromatic carbocycles. The number of halogens is 1. The molecule has 1 aliphatic carbocycles. The third-order valence-electron chi connectivity index (χ3n) is 5.14. The van der Waals surface area contributed by atoms with E-state index in [1.54, 1.807) is 25.1 Å². The molecular weight excluding hydrogens is 369 g/mol. The molecule has 0 spiro atoms. The van der Waals surface area contributed by atoms with Gasteiger partial charge in [0.2, 0.25) is 0 Å². The molecule has 1 aliphatic rings. The van der Waals surface area contributed by atoms with Crippen LogP contribution in [0.3, 0.4) is 0 Å². The number of hydrogen-bond donors (Lipinski definition) is 1. The van der Waals surface area contributed by atoms with E-state index in [0.29, 0.717) is 5.56 Å². The van der Waals surface area contributed by atoms with Crippen LogP contribution >= 0.6 is 0 Å². The van der Waals surface area contributed by atoms with Crippen molar-refractivity contribution in [1.29, 1.82) is 0 Å². The third-order valence-corrected chi connectivity index (χ3v) is 7.43. The summed E-state index contributed by atoms with van der Waals surface area (Å²) in [6.07, 6.45) is 0. The van der Waals surface area contributed by atoms with Gasteiger partial charge in [0.25, 0.3) is 0 Å². The van der Waals surface area contributed by atoms with E-state index in [1.807, 2.05) is 6.92 Å². The monoisotopic (exact) mass is 391 g/mol. The number of aryl methyl sites for hydroxylation is 1. The first-order valence-electron chi connectivity index (χ1n) is 8.72. The topological polar surface area (TPSA) is 86.5 Å². The zero-order valence-corrected chi connectivity index (χ0v) is 16.0. The van der Waals surface area contributed by atoms with Crippen LogP contribution in [0.2, 0.25) is 0 Å². The quantitative estimate of drug-likeness (QED) is 0.765. The van der Waals surface area contributed by atoms with Crippen molar-refractivity contribution in [3.05, 3.63) is 65.5 Å². The zero-order chi connectivity index (χ0) is 19.8. The van der Waals surface area contributed by atoms with Gasteiger partial charge in [-0.2, -0.15) is 0 Å². The fraction of sp³-hybridized carbons (Fsp3) is 0.350. The Hall–Kier alpha value is -2.25. The second-order valence-corrected chi connectivity index (χ2v) is 8.85. The van der Waals surface area contributed by atoms with E-state index in [4.69, 9.17) is 10.5 Å². The van der Waals surface area contributed by atoms with E-state index in [-0.39, 0.29) is 18.0 Å². The van der Waals surface area contributed by atoms with Gasteiger partial charge in [0, 0.05) is 12.5 Å². The predicted octanol–water partition coefficient (Wildman–Crippen LogP) is 2.58. The molecule has 0 bridgehead atoms. The molecule has 1 saturated carbocycles. The van der Waals surface area contributed by atoms with E-state index >= 15 is 0 Å². The Balaban J connectivity index is 2.12. The van der Waals surface area contributed by atoms with E-state index in [1.165, 1.54) is 30.3 Å². The van der Waals surface area contributed by atoms with Crippen molar-refractivity contribution in [3.8, 4) is 0 Å². The van der Waals surface area contributed by atoms with Crippen molar-refractivity contribution >= 4 is 15.8 Å². The van der Waals surface area contributed by atoms with Crippen LogP contribution in [0.1, 0.15) is 24.0 Å². The third kappa shape index (κ3) is 3.15. The van der Waals surface area contributed by atoms with Crippen molar-refractivity contribution in [1.82, 2.24) is 0 Å². The maximum Gasteiger partial charge on any atom is 0.315 e. The minimum absolute atomic E-state index is 0.105. The molecular formula is C20H22FNO4S. The largest absolute Gasteiger partial charge is 0.465 e. The molecule has 144 valence electrons. The van der Waals surface area contributed by atoms with Gasteiger partial charge in [0.1, 0.15) is 11.2 Å². The number of esters is 1. The molecule has 2 aromatic rings. The van der Waals surface area contributed by atoms with Crippen LogP contribution in [0.5, 0.6) is 0 Å². The molecule has 0 heterocycles. The highest BCUT2D eigenvalue weighted by molar-refractivity contribution is 7.92. The molecule has 2 N–H and O–H groups in total. The number of rotatable bonds is 6. The summed E-state index contributed by atoms with van der Waals surface area (Å²) >= 11 is 0. The smallest absolute Gasteiger partial charge is 0.315 e. The first kappa shape index (κ1) is 19.5. The maximum atomic E-state index is 13.8. The summed E-state index contributed by atoms with van der Waals surface area (Å²) in [5.41, 5.74) is 5.82. The van der Waals surface area contributed by atoms with Crippen LogP contribution in [0.4, 0.5) is 4.39 Å². The zero-order valence-electron chi connectivity index (χ0n) is 15.2. The Labute approximate surface area is 158 Å². The molecule has 0 aromatic heterocycles. The number of hydrogen-bond acceptors (Lipinski definition) is 5. The fourth-order valence-electron chi connectivity index (χ4n) is 3.74. The lowest BCUT2D eigenvalue weighted by Gasteiger charge is -2.14. The van der Waals surface area contributed by atoms with E-state index < -0.39 is 38.2 Å². The van der Waals surface area contributed by atoms with Crippen molar-refractivity contribution in [2.45, 2.75) is 29.9 Å². The Bertz CT molecular complexity index is 958. The summed E-state index contributed by atoms with van der Waals surface area (Å²) < 4.78 is 45.5. The normalized spacial score (nSPS) is 24.4. The molecule has 5 nitrogen and oxygen atoms in total. The summed E-state index contributed by atoms with van der Waals surface area (Å²) in [5, 5.41) is -1.10. The summed E-state index contributed by atoms with van der Waals surface area (Å²) in [6.45, 7) is 3.40. The highest BCUT2D eigenvalue weighted by Crippen LogP contribution is 2.64. The SMILES string of the molecule is CCOC(=O)[C@@]1(CN)[C@H](S(=O)(=O)c2ccc(C)cc2)[C@@H]1c1cccc(F)c1. The van der Waals surface area contributed by atoms with Gasteiger partial charge < -0.3 is 10.5 Å². The summed E-state index contributed by atoms with van der Waals surface area (Å²) in [6, 6.07) is 12.0. The minimum Gasteiger partial charge on any atom is -0.465 e. The average molecular weight is 391 g/mol. The van der Waals surface area contributed by atoms with Crippen molar-refractivity contribution in [2.75, 3.05) is 13.2 Å². The van der Waals surface area contributed by atoms with Crippen LogP contribution in [-0.2, 0) is 19.4 Å². The lowest BCUT2D eigenvalue weighted by molar-refractivity contribution is -0.149. The van der Waals surface area contributed by atoms with Crippen LogP contribution in [0.25, 0.3) is 0 Å². The van der Waals surface area contributed by atoms with Crippen molar-refractivity contribution in [3.63, 3.8) is 0 Å². The lowest BCUT2D eigenvalue weighted by atomic mass is 9.99. The number of benzene rings is 2. The van der Waals surface area contributed by atoms with Gasteiger partial charge in [-0.25, -0.2) is 12.8 Å². The minimum atomic E-state index is -3.88. The van der Waals surface area contributed by atoms with Gasteiger partial charge in [0.05, 0.1) is 16.8 Å². The first-order chi connectivity index (χ1) is 12.8. The van der Waals surface area contributed by atoms with Gasteiger partial charge in [-0.15, -0.1) is 0 Å². The average Bonchev–Trinajstić information content (AvgIpc) is 3.34. The maximum absolute atomic E-state index is 13.8. The Morgan fingerprint density at radius 2 is 1.89 bits per heavy atom.